The zero-order chi connectivity index (χ0) is 21.1. The van der Waals surface area contributed by atoms with Crippen LogP contribution in [0.2, 0.25) is 5.02 Å². The number of aromatic nitrogens is 2. The molecule has 6 nitrogen and oxygen atoms in total. The monoisotopic (exact) mass is 424 g/mol. The van der Waals surface area contributed by atoms with Crippen LogP contribution in [-0.2, 0) is 10.2 Å². The third-order valence-electron chi connectivity index (χ3n) is 5.17. The van der Waals surface area contributed by atoms with Gasteiger partial charge in [-0.15, -0.1) is 0 Å². The molecule has 0 atom stereocenters. The number of anilines is 2. The van der Waals surface area contributed by atoms with Gasteiger partial charge >= 0.3 is 0 Å². The van der Waals surface area contributed by atoms with Crippen LogP contribution >= 0.6 is 11.6 Å². The van der Waals surface area contributed by atoms with E-state index in [1.807, 2.05) is 0 Å². The summed E-state index contributed by atoms with van der Waals surface area (Å²) >= 11 is 5.92. The van der Waals surface area contributed by atoms with E-state index in [9.17, 15) is 14.0 Å². The van der Waals surface area contributed by atoms with Crippen LogP contribution in [0.5, 0.6) is 0 Å². The van der Waals surface area contributed by atoms with Crippen LogP contribution in [0.1, 0.15) is 35.4 Å². The standard InChI is InChI=1S/C22H18ClFN4O2/c23-15-4-1-3-14(11-15)19(29)27-18-12-25-20(26-13-18)22(9-2-10-22)21(30)28-17-7-5-16(24)6-8-17/h1,3-8,11-13H,2,9-10H2,(H,27,29)(H,28,30). The van der Waals surface area contributed by atoms with E-state index in [2.05, 4.69) is 20.6 Å². The molecule has 0 aliphatic heterocycles. The van der Waals surface area contributed by atoms with Crippen LogP contribution in [0.25, 0.3) is 0 Å². The number of hydrogen-bond acceptors (Lipinski definition) is 4. The van der Waals surface area contributed by atoms with Gasteiger partial charge in [-0.05, 0) is 55.3 Å². The lowest BCUT2D eigenvalue weighted by Crippen LogP contribution is -2.47. The highest BCUT2D eigenvalue weighted by molar-refractivity contribution is 6.31. The SMILES string of the molecule is O=C(Nc1cnc(C2(C(=O)Nc3ccc(F)cc3)CCC2)nc1)c1cccc(Cl)c1. The first-order chi connectivity index (χ1) is 14.5. The van der Waals surface area contributed by atoms with Gasteiger partial charge in [0.2, 0.25) is 5.91 Å². The van der Waals surface area contributed by atoms with Crippen molar-refractivity contribution in [1.29, 1.82) is 0 Å². The summed E-state index contributed by atoms with van der Waals surface area (Å²) in [5, 5.41) is 6.00. The number of nitrogens with one attached hydrogen (secondary N) is 2. The molecular weight excluding hydrogens is 407 g/mol. The topological polar surface area (TPSA) is 84.0 Å². The smallest absolute Gasteiger partial charge is 0.255 e. The Balaban J connectivity index is 1.48. The largest absolute Gasteiger partial charge is 0.325 e. The van der Waals surface area contributed by atoms with Gasteiger partial charge < -0.3 is 10.6 Å². The molecule has 1 aliphatic carbocycles. The van der Waals surface area contributed by atoms with Gasteiger partial charge in [-0.2, -0.15) is 0 Å². The Morgan fingerprint density at radius 1 is 0.967 bits per heavy atom. The first kappa shape index (κ1) is 20.0. The Bertz CT molecular complexity index is 1080. The molecule has 0 bridgehead atoms. The minimum Gasteiger partial charge on any atom is -0.325 e. The average Bonchev–Trinajstić information content (AvgIpc) is 2.70. The lowest BCUT2D eigenvalue weighted by molar-refractivity contribution is -0.124. The first-order valence-corrected chi connectivity index (χ1v) is 9.80. The van der Waals surface area contributed by atoms with Crippen LogP contribution in [0.15, 0.2) is 60.9 Å². The number of halogens is 2. The molecule has 1 fully saturated rings. The molecule has 4 rings (SSSR count). The third-order valence-corrected chi connectivity index (χ3v) is 5.40. The van der Waals surface area contributed by atoms with Crippen molar-refractivity contribution >= 4 is 34.8 Å². The van der Waals surface area contributed by atoms with Crippen molar-refractivity contribution in [3.05, 3.63) is 83.2 Å². The average molecular weight is 425 g/mol. The molecule has 0 unspecified atom stereocenters. The number of nitrogens with zero attached hydrogens (tertiary/aromatic N) is 2. The van der Waals surface area contributed by atoms with E-state index in [4.69, 9.17) is 11.6 Å². The quantitative estimate of drug-likeness (QED) is 0.627. The van der Waals surface area contributed by atoms with E-state index < -0.39 is 5.41 Å². The molecule has 2 N–H and O–H groups in total. The third kappa shape index (κ3) is 4.02. The van der Waals surface area contributed by atoms with E-state index in [1.165, 1.54) is 36.7 Å². The van der Waals surface area contributed by atoms with Crippen LogP contribution in [0.4, 0.5) is 15.8 Å². The molecular formula is C22H18ClFN4O2. The number of amides is 2. The van der Waals surface area contributed by atoms with Crippen molar-refractivity contribution in [1.82, 2.24) is 9.97 Å². The Morgan fingerprint density at radius 2 is 1.67 bits per heavy atom. The molecule has 2 amide bonds. The van der Waals surface area contributed by atoms with Gasteiger partial charge in [-0.1, -0.05) is 24.1 Å². The summed E-state index contributed by atoms with van der Waals surface area (Å²) in [5.74, 6) is -0.531. The van der Waals surface area contributed by atoms with Gasteiger partial charge in [-0.25, -0.2) is 14.4 Å². The second-order valence-corrected chi connectivity index (χ2v) is 7.59. The highest BCUT2D eigenvalue weighted by Crippen LogP contribution is 2.43. The number of carbonyl (C=O) groups excluding carboxylic acids is 2. The second-order valence-electron chi connectivity index (χ2n) is 7.16. The Hall–Kier alpha value is -3.32. The molecule has 0 radical (unpaired) electrons. The Morgan fingerprint density at radius 3 is 2.27 bits per heavy atom. The molecule has 1 heterocycles. The summed E-state index contributed by atoms with van der Waals surface area (Å²) in [6.07, 6.45) is 5.09. The highest BCUT2D eigenvalue weighted by Gasteiger charge is 2.48. The summed E-state index contributed by atoms with van der Waals surface area (Å²) in [5.41, 5.74) is 0.514. The van der Waals surface area contributed by atoms with Crippen molar-refractivity contribution < 1.29 is 14.0 Å². The maximum atomic E-state index is 13.1. The molecule has 2 aromatic carbocycles. The second kappa shape index (κ2) is 8.20. The van der Waals surface area contributed by atoms with Crippen LogP contribution < -0.4 is 10.6 Å². The lowest BCUT2D eigenvalue weighted by atomic mass is 9.67. The summed E-state index contributed by atoms with van der Waals surface area (Å²) in [6.45, 7) is 0. The van der Waals surface area contributed by atoms with E-state index >= 15 is 0 Å². The van der Waals surface area contributed by atoms with E-state index in [1.54, 1.807) is 24.3 Å². The molecule has 1 aromatic heterocycles. The molecule has 152 valence electrons. The lowest BCUT2D eigenvalue weighted by Gasteiger charge is -2.38. The van der Waals surface area contributed by atoms with Gasteiger partial charge in [-0.3, -0.25) is 9.59 Å². The van der Waals surface area contributed by atoms with Gasteiger partial charge in [0.25, 0.3) is 5.91 Å². The number of carbonyl (C=O) groups is 2. The number of hydrogen-bond donors (Lipinski definition) is 2. The van der Waals surface area contributed by atoms with Gasteiger partial charge in [0.15, 0.2) is 0 Å². The van der Waals surface area contributed by atoms with E-state index in [0.717, 1.165) is 6.42 Å². The van der Waals surface area contributed by atoms with Crippen molar-refractivity contribution in [2.75, 3.05) is 10.6 Å². The van der Waals surface area contributed by atoms with Crippen LogP contribution in [0.3, 0.4) is 0 Å². The molecule has 30 heavy (non-hydrogen) atoms. The summed E-state index contributed by atoms with van der Waals surface area (Å²) < 4.78 is 13.1. The zero-order valence-electron chi connectivity index (χ0n) is 15.9. The molecule has 1 aliphatic rings. The highest BCUT2D eigenvalue weighted by atomic mass is 35.5. The van der Waals surface area contributed by atoms with Crippen LogP contribution in [0, 0.1) is 5.82 Å². The summed E-state index contributed by atoms with van der Waals surface area (Å²) in [6, 6.07) is 12.2. The molecule has 1 saturated carbocycles. The fourth-order valence-electron chi connectivity index (χ4n) is 3.34. The van der Waals surface area contributed by atoms with Gasteiger partial charge in [0, 0.05) is 16.3 Å². The summed E-state index contributed by atoms with van der Waals surface area (Å²) in [4.78, 5) is 33.9. The predicted molar refractivity (Wildman–Crippen MR) is 112 cm³/mol. The molecule has 8 heteroatoms. The predicted octanol–water partition coefficient (Wildman–Crippen LogP) is 4.58. The fourth-order valence-corrected chi connectivity index (χ4v) is 3.53. The molecule has 0 spiro atoms. The Labute approximate surface area is 177 Å². The first-order valence-electron chi connectivity index (χ1n) is 9.43. The van der Waals surface area contributed by atoms with E-state index in [-0.39, 0.29) is 17.6 Å². The zero-order valence-corrected chi connectivity index (χ0v) is 16.6. The van der Waals surface area contributed by atoms with Crippen molar-refractivity contribution in [2.24, 2.45) is 0 Å². The van der Waals surface area contributed by atoms with Crippen molar-refractivity contribution in [3.8, 4) is 0 Å². The van der Waals surface area contributed by atoms with E-state index in [0.29, 0.717) is 40.6 Å². The number of rotatable bonds is 5. The maximum Gasteiger partial charge on any atom is 0.255 e. The molecule has 0 saturated heterocycles. The fraction of sp³-hybridized carbons (Fsp3) is 0.182. The van der Waals surface area contributed by atoms with Crippen molar-refractivity contribution in [3.63, 3.8) is 0 Å². The normalized spacial score (nSPS) is 14.5. The molecule has 3 aromatic rings. The number of benzene rings is 2. The van der Waals surface area contributed by atoms with Crippen LogP contribution in [-0.4, -0.2) is 21.8 Å². The summed E-state index contributed by atoms with van der Waals surface area (Å²) in [7, 11) is 0. The minimum atomic E-state index is -0.829. The van der Waals surface area contributed by atoms with Gasteiger partial charge in [0.1, 0.15) is 17.1 Å². The Kier molecular flexibility index (Phi) is 5.46. The minimum absolute atomic E-state index is 0.226. The maximum absolute atomic E-state index is 13.1. The van der Waals surface area contributed by atoms with Crippen molar-refractivity contribution in [2.45, 2.75) is 24.7 Å². The van der Waals surface area contributed by atoms with Gasteiger partial charge in [0.05, 0.1) is 18.1 Å².